The van der Waals surface area contributed by atoms with Crippen molar-refractivity contribution in [2.24, 2.45) is 0 Å². The van der Waals surface area contributed by atoms with Gasteiger partial charge in [0.25, 0.3) is 0 Å². The Morgan fingerprint density at radius 2 is 1.61 bits per heavy atom. The minimum atomic E-state index is -1.10. The molecule has 1 unspecified atom stereocenters. The number of fused-ring (bicyclic) bond motifs is 6. The third-order valence-corrected chi connectivity index (χ3v) is 7.03. The van der Waals surface area contributed by atoms with Crippen LogP contribution in [0, 0.1) is 0 Å². The van der Waals surface area contributed by atoms with E-state index in [1.807, 2.05) is 48.5 Å². The Labute approximate surface area is 200 Å². The Bertz CT molecular complexity index is 1270. The lowest BCUT2D eigenvalue weighted by Gasteiger charge is -2.38. The monoisotopic (exact) mass is 461 g/mol. The standard InChI is InChI=1S/C28H28ClNO3/c1-6-30(7-2)17-12-13-20-24(14-17)32-25-16-21(27(3,4)5)23(29)15-22(25)28(20)19-11-9-8-10-18(19)26(31)33-28/h8-16H,6-7H2,1-5H3. The first-order valence-electron chi connectivity index (χ1n) is 11.4. The van der Waals surface area contributed by atoms with Gasteiger partial charge in [0.1, 0.15) is 11.5 Å². The fourth-order valence-electron chi connectivity index (χ4n) is 5.04. The normalized spacial score (nSPS) is 18.3. The lowest BCUT2D eigenvalue weighted by molar-refractivity contribution is 0.0224. The van der Waals surface area contributed by atoms with Crippen LogP contribution in [0.2, 0.25) is 5.02 Å². The van der Waals surface area contributed by atoms with Crippen molar-refractivity contribution >= 4 is 23.3 Å². The van der Waals surface area contributed by atoms with Gasteiger partial charge in [0.05, 0.1) is 5.56 Å². The van der Waals surface area contributed by atoms with Crippen LogP contribution in [-0.2, 0) is 15.8 Å². The zero-order valence-corrected chi connectivity index (χ0v) is 20.4. The van der Waals surface area contributed by atoms with Gasteiger partial charge in [-0.1, -0.05) is 50.6 Å². The smallest absolute Gasteiger partial charge is 0.340 e. The van der Waals surface area contributed by atoms with E-state index in [1.165, 1.54) is 0 Å². The molecule has 2 aliphatic heterocycles. The van der Waals surface area contributed by atoms with Crippen LogP contribution in [0.5, 0.6) is 11.5 Å². The number of anilines is 1. The maximum absolute atomic E-state index is 13.0. The van der Waals surface area contributed by atoms with E-state index in [4.69, 9.17) is 21.1 Å². The van der Waals surface area contributed by atoms with Gasteiger partial charge in [0.2, 0.25) is 0 Å². The highest BCUT2D eigenvalue weighted by atomic mass is 35.5. The van der Waals surface area contributed by atoms with Gasteiger partial charge in [-0.3, -0.25) is 0 Å². The van der Waals surface area contributed by atoms with Gasteiger partial charge >= 0.3 is 5.97 Å². The topological polar surface area (TPSA) is 38.8 Å². The van der Waals surface area contributed by atoms with Crippen LogP contribution in [0.15, 0.2) is 54.6 Å². The molecule has 0 fully saturated rings. The van der Waals surface area contributed by atoms with Crippen molar-refractivity contribution in [2.45, 2.75) is 45.6 Å². The highest BCUT2D eigenvalue weighted by Crippen LogP contribution is 2.57. The summed E-state index contributed by atoms with van der Waals surface area (Å²) in [7, 11) is 0. The van der Waals surface area contributed by atoms with Crippen LogP contribution in [0.3, 0.4) is 0 Å². The van der Waals surface area contributed by atoms with E-state index in [9.17, 15) is 4.79 Å². The third-order valence-electron chi connectivity index (χ3n) is 6.72. The second-order valence-corrected chi connectivity index (χ2v) is 10.1. The average molecular weight is 462 g/mol. The summed E-state index contributed by atoms with van der Waals surface area (Å²) >= 11 is 6.80. The second-order valence-electron chi connectivity index (χ2n) is 9.65. The molecular weight excluding hydrogens is 434 g/mol. The van der Waals surface area contributed by atoms with E-state index in [0.29, 0.717) is 22.1 Å². The molecular formula is C28H28ClNO3. The minimum Gasteiger partial charge on any atom is -0.456 e. The molecule has 0 saturated heterocycles. The molecule has 4 nitrogen and oxygen atoms in total. The summed E-state index contributed by atoms with van der Waals surface area (Å²) in [4.78, 5) is 15.3. The predicted octanol–water partition coefficient (Wildman–Crippen LogP) is 7.05. The molecule has 0 aromatic heterocycles. The molecule has 0 N–H and O–H groups in total. The summed E-state index contributed by atoms with van der Waals surface area (Å²) < 4.78 is 12.8. The zero-order chi connectivity index (χ0) is 23.5. The van der Waals surface area contributed by atoms with Gasteiger partial charge in [-0.2, -0.15) is 0 Å². The molecule has 5 rings (SSSR count). The Balaban J connectivity index is 1.82. The van der Waals surface area contributed by atoms with Crippen molar-refractivity contribution in [3.8, 4) is 11.5 Å². The fourth-order valence-corrected chi connectivity index (χ4v) is 5.49. The van der Waals surface area contributed by atoms with Crippen molar-refractivity contribution in [1.29, 1.82) is 0 Å². The van der Waals surface area contributed by atoms with Crippen LogP contribution in [-0.4, -0.2) is 19.1 Å². The largest absolute Gasteiger partial charge is 0.456 e. The number of benzene rings is 3. The van der Waals surface area contributed by atoms with Gasteiger partial charge in [-0.25, -0.2) is 4.79 Å². The van der Waals surface area contributed by atoms with E-state index in [1.54, 1.807) is 0 Å². The summed E-state index contributed by atoms with van der Waals surface area (Å²) in [5, 5.41) is 0.632. The van der Waals surface area contributed by atoms with Gasteiger partial charge < -0.3 is 14.4 Å². The molecule has 0 amide bonds. The van der Waals surface area contributed by atoms with Crippen molar-refractivity contribution < 1.29 is 14.3 Å². The van der Waals surface area contributed by atoms with Crippen LogP contribution in [0.1, 0.15) is 67.2 Å². The number of carbonyl (C=O) groups is 1. The van der Waals surface area contributed by atoms with E-state index >= 15 is 0 Å². The highest BCUT2D eigenvalue weighted by Gasteiger charge is 2.53. The quantitative estimate of drug-likeness (QED) is 0.391. The molecule has 170 valence electrons. The van der Waals surface area contributed by atoms with E-state index in [-0.39, 0.29) is 11.4 Å². The number of carbonyl (C=O) groups excluding carboxylic acids is 1. The van der Waals surface area contributed by atoms with Crippen molar-refractivity contribution in [3.05, 3.63) is 87.4 Å². The van der Waals surface area contributed by atoms with E-state index in [0.717, 1.165) is 41.0 Å². The fraction of sp³-hybridized carbons (Fsp3) is 0.321. The number of hydrogen-bond acceptors (Lipinski definition) is 4. The summed E-state index contributed by atoms with van der Waals surface area (Å²) in [5.41, 5.74) is 3.73. The number of rotatable bonds is 3. The molecule has 2 aliphatic rings. The van der Waals surface area contributed by atoms with Crippen molar-refractivity contribution in [1.82, 2.24) is 0 Å². The van der Waals surface area contributed by atoms with Crippen molar-refractivity contribution in [3.63, 3.8) is 0 Å². The first-order chi connectivity index (χ1) is 15.7. The van der Waals surface area contributed by atoms with Crippen LogP contribution in [0.4, 0.5) is 5.69 Å². The van der Waals surface area contributed by atoms with Crippen LogP contribution >= 0.6 is 11.6 Å². The maximum Gasteiger partial charge on any atom is 0.340 e. The summed E-state index contributed by atoms with van der Waals surface area (Å²) in [5.74, 6) is 1.02. The molecule has 1 atom stereocenters. The number of hydrogen-bond donors (Lipinski definition) is 0. The first kappa shape index (κ1) is 21.8. The molecule has 5 heteroatoms. The predicted molar refractivity (Wildman–Crippen MR) is 132 cm³/mol. The molecule has 1 spiro atoms. The number of ether oxygens (including phenoxy) is 2. The van der Waals surface area contributed by atoms with Crippen molar-refractivity contribution in [2.75, 3.05) is 18.0 Å². The molecule has 3 aromatic carbocycles. The molecule has 33 heavy (non-hydrogen) atoms. The second kappa shape index (κ2) is 7.53. The van der Waals surface area contributed by atoms with Gasteiger partial charge in [-0.15, -0.1) is 0 Å². The maximum atomic E-state index is 13.0. The molecule has 0 saturated carbocycles. The Hall–Kier alpha value is -2.98. The zero-order valence-electron chi connectivity index (χ0n) is 19.7. The molecule has 0 aliphatic carbocycles. The third kappa shape index (κ3) is 3.15. The highest BCUT2D eigenvalue weighted by molar-refractivity contribution is 6.31. The van der Waals surface area contributed by atoms with Gasteiger partial charge in [0.15, 0.2) is 5.60 Å². The number of halogens is 1. The number of nitrogens with zero attached hydrogens (tertiary/aromatic N) is 1. The van der Waals surface area contributed by atoms with E-state index in [2.05, 4.69) is 45.6 Å². The van der Waals surface area contributed by atoms with Gasteiger partial charge in [0, 0.05) is 46.6 Å². The lowest BCUT2D eigenvalue weighted by Crippen LogP contribution is -2.33. The molecule has 3 aromatic rings. The Morgan fingerprint density at radius 3 is 2.30 bits per heavy atom. The van der Waals surface area contributed by atoms with Gasteiger partial charge in [-0.05, 0) is 55.2 Å². The Kier molecular flexibility index (Phi) is 4.98. The van der Waals surface area contributed by atoms with Crippen LogP contribution in [0.25, 0.3) is 0 Å². The minimum absolute atomic E-state index is 0.170. The first-order valence-corrected chi connectivity index (χ1v) is 11.8. The lowest BCUT2D eigenvalue weighted by atomic mass is 9.76. The molecule has 0 radical (unpaired) electrons. The van der Waals surface area contributed by atoms with E-state index < -0.39 is 5.60 Å². The summed E-state index contributed by atoms with van der Waals surface area (Å²) in [6.07, 6.45) is 0. The summed E-state index contributed by atoms with van der Waals surface area (Å²) in [6, 6.07) is 17.6. The molecule has 2 heterocycles. The Morgan fingerprint density at radius 1 is 0.909 bits per heavy atom. The number of esters is 1. The average Bonchev–Trinajstić information content (AvgIpc) is 3.07. The summed E-state index contributed by atoms with van der Waals surface area (Å²) in [6.45, 7) is 12.4. The SMILES string of the molecule is CCN(CC)c1ccc2c(c1)Oc1cc(C(C)(C)C)c(Cl)cc1C21OC(=O)c2ccccc21. The molecule has 0 bridgehead atoms. The van der Waals surface area contributed by atoms with Crippen LogP contribution < -0.4 is 9.64 Å².